The molecule has 2 saturated carbocycles. The Morgan fingerprint density at radius 1 is 0.872 bits per heavy atom. The van der Waals surface area contributed by atoms with E-state index in [1.807, 2.05) is 41.5 Å². The van der Waals surface area contributed by atoms with Gasteiger partial charge in [-0.25, -0.2) is 0 Å². The fourth-order valence-corrected chi connectivity index (χ4v) is 20.7. The van der Waals surface area contributed by atoms with Crippen molar-refractivity contribution in [1.29, 1.82) is 5.26 Å². The predicted molar refractivity (Wildman–Crippen MR) is 192 cm³/mol. The number of carbonyl (C=O) groups is 3. The normalized spacial score (nSPS) is 25.9. The monoisotopic (exact) mass is 729 g/mol. The van der Waals surface area contributed by atoms with E-state index in [-0.39, 0.29) is 29.9 Å². The topological polar surface area (TPSA) is 130 Å². The van der Waals surface area contributed by atoms with Gasteiger partial charge in [-0.3, -0.25) is 14.4 Å². The standard InChI is InChI=1S/C18H44O5Si4.C15H19NO4/c1-13-18(2,3)17(19)20-15-14-16-27(21-24(4,5)6,22-25(7,8)9)23-26(10,11)12;1-4-14(2,3)12(17)19-10-8-5-9-11(10)20-13(18)15(9,6-8)7-16/h13-16H2,1-12H3;8-11H,4-6H2,1-3H3. The van der Waals surface area contributed by atoms with Crippen LogP contribution in [0.2, 0.25) is 65.0 Å². The fraction of sp³-hybridized carbons (Fsp3) is 0.879. The number of hydrogen-bond acceptors (Lipinski definition) is 10. The van der Waals surface area contributed by atoms with Crippen molar-refractivity contribution in [3.8, 4) is 6.07 Å². The predicted octanol–water partition coefficient (Wildman–Crippen LogP) is 7.66. The SMILES string of the molecule is CCC(C)(C)C(=O)OC1C2CC3C1OC(=O)C3(C#N)C2.CCC(C)(C)C(=O)OCCC[Si](O[Si](C)(C)C)(O[Si](C)(C)C)O[Si](C)(C)C. The van der Waals surface area contributed by atoms with E-state index < -0.39 is 62.1 Å². The van der Waals surface area contributed by atoms with Crippen LogP contribution in [0.15, 0.2) is 0 Å². The van der Waals surface area contributed by atoms with Crippen LogP contribution in [0.5, 0.6) is 0 Å². The quantitative estimate of drug-likeness (QED) is 0.0717. The molecule has 1 saturated heterocycles. The van der Waals surface area contributed by atoms with E-state index in [1.165, 1.54) is 0 Å². The summed E-state index contributed by atoms with van der Waals surface area (Å²) < 4.78 is 36.4. The molecule has 0 spiro atoms. The van der Waals surface area contributed by atoms with Gasteiger partial charge in [0.25, 0.3) is 0 Å². The van der Waals surface area contributed by atoms with Gasteiger partial charge in [0.2, 0.25) is 0 Å². The molecule has 5 atom stereocenters. The lowest BCUT2D eigenvalue weighted by molar-refractivity contribution is -0.170. The lowest BCUT2D eigenvalue weighted by Gasteiger charge is -2.42. The first-order chi connectivity index (χ1) is 21.2. The molecule has 0 aromatic rings. The smallest absolute Gasteiger partial charge is 0.465 e. The van der Waals surface area contributed by atoms with Crippen LogP contribution in [0.3, 0.4) is 0 Å². The minimum atomic E-state index is -2.83. The van der Waals surface area contributed by atoms with Crippen molar-refractivity contribution in [2.24, 2.45) is 28.1 Å². The molecule has 1 heterocycles. The number of ether oxygens (including phenoxy) is 3. The van der Waals surface area contributed by atoms with Crippen molar-refractivity contribution < 1.29 is 40.9 Å². The zero-order chi connectivity index (χ0) is 36.4. The Hall–Kier alpha value is -1.35. The maximum Gasteiger partial charge on any atom is 0.469 e. The van der Waals surface area contributed by atoms with Gasteiger partial charge in [-0.15, -0.1) is 0 Å². The number of carbonyl (C=O) groups excluding carboxylic acids is 3. The minimum Gasteiger partial charge on any atom is -0.465 e. The maximum atomic E-state index is 12.2. The van der Waals surface area contributed by atoms with Crippen molar-refractivity contribution in [1.82, 2.24) is 0 Å². The number of nitriles is 1. The summed E-state index contributed by atoms with van der Waals surface area (Å²) in [6.07, 6.45) is 2.59. The Morgan fingerprint density at radius 2 is 1.34 bits per heavy atom. The second kappa shape index (κ2) is 14.9. The molecule has 0 amide bonds. The number of esters is 3. The van der Waals surface area contributed by atoms with E-state index in [0.717, 1.165) is 12.8 Å². The molecule has 0 aromatic heterocycles. The Kier molecular flexibility index (Phi) is 13.2. The van der Waals surface area contributed by atoms with E-state index in [9.17, 15) is 19.6 Å². The first-order valence-corrected chi connectivity index (χ1v) is 29.4. The van der Waals surface area contributed by atoms with Crippen LogP contribution in [0, 0.1) is 39.4 Å². The molecule has 1 aliphatic heterocycles. The molecule has 5 unspecified atom stereocenters. The Balaban J connectivity index is 0.000000338. The van der Waals surface area contributed by atoms with Gasteiger partial charge < -0.3 is 26.6 Å². The van der Waals surface area contributed by atoms with Gasteiger partial charge >= 0.3 is 26.7 Å². The third-order valence-electron chi connectivity index (χ3n) is 9.13. The average Bonchev–Trinajstić information content (AvgIpc) is 3.50. The molecular weight excluding hydrogens is 667 g/mol. The number of hydrogen-bond donors (Lipinski definition) is 0. The van der Waals surface area contributed by atoms with Crippen LogP contribution in [-0.4, -0.2) is 70.5 Å². The highest BCUT2D eigenvalue weighted by atomic mass is 28.5. The summed E-state index contributed by atoms with van der Waals surface area (Å²) in [6.45, 7) is 31.5. The first-order valence-electron chi connectivity index (χ1n) is 17.3. The third-order valence-corrected chi connectivity index (χ3v) is 21.2. The summed E-state index contributed by atoms with van der Waals surface area (Å²) in [4.78, 5) is 36.4. The van der Waals surface area contributed by atoms with E-state index in [0.29, 0.717) is 31.9 Å². The summed E-state index contributed by atoms with van der Waals surface area (Å²) in [5, 5.41) is 9.31. The van der Waals surface area contributed by atoms with E-state index in [1.54, 1.807) is 0 Å². The van der Waals surface area contributed by atoms with Gasteiger partial charge in [0, 0.05) is 17.9 Å². The molecule has 3 aliphatic rings. The molecule has 0 N–H and O–H groups in total. The van der Waals surface area contributed by atoms with Gasteiger partial charge in [-0.1, -0.05) is 13.8 Å². The molecule has 2 bridgehead atoms. The van der Waals surface area contributed by atoms with Crippen LogP contribution in [-0.2, 0) is 40.9 Å². The fourth-order valence-electron chi connectivity index (χ4n) is 6.12. The number of rotatable bonds is 15. The Morgan fingerprint density at radius 3 is 1.77 bits per heavy atom. The van der Waals surface area contributed by atoms with Crippen LogP contribution in [0.4, 0.5) is 0 Å². The van der Waals surface area contributed by atoms with Crippen LogP contribution in [0.25, 0.3) is 0 Å². The lowest BCUT2D eigenvalue weighted by Crippen LogP contribution is -2.60. The highest BCUT2D eigenvalue weighted by molar-refractivity contribution is 6.90. The second-order valence-electron chi connectivity index (χ2n) is 17.7. The van der Waals surface area contributed by atoms with E-state index in [4.69, 9.17) is 26.6 Å². The van der Waals surface area contributed by atoms with E-state index in [2.05, 4.69) is 65.0 Å². The van der Waals surface area contributed by atoms with Crippen molar-refractivity contribution in [2.75, 3.05) is 6.61 Å². The van der Waals surface area contributed by atoms with Gasteiger partial charge in [0.1, 0.15) is 12.2 Å². The van der Waals surface area contributed by atoms with Crippen molar-refractivity contribution in [2.45, 2.75) is 151 Å². The Bertz CT molecular complexity index is 1140. The number of fused-ring (bicyclic) bond motifs is 1. The second-order valence-corrected chi connectivity index (χ2v) is 34.7. The van der Waals surface area contributed by atoms with Crippen molar-refractivity contribution in [3.63, 3.8) is 0 Å². The molecule has 0 aromatic carbocycles. The molecular formula is C33H63NO9Si4. The molecule has 14 heteroatoms. The van der Waals surface area contributed by atoms with Crippen LogP contribution >= 0.6 is 0 Å². The summed E-state index contributed by atoms with van der Waals surface area (Å²) in [6, 6.07) is 2.85. The summed E-state index contributed by atoms with van der Waals surface area (Å²) in [7, 11) is -8.42. The largest absolute Gasteiger partial charge is 0.469 e. The number of nitrogens with zero attached hydrogens (tertiary/aromatic N) is 1. The first kappa shape index (κ1) is 41.8. The summed E-state index contributed by atoms with van der Waals surface area (Å²) in [5.41, 5.74) is -1.94. The Labute approximate surface area is 288 Å². The summed E-state index contributed by atoms with van der Waals surface area (Å²) in [5.74, 6) is -0.838. The van der Waals surface area contributed by atoms with Gasteiger partial charge in [0.05, 0.1) is 23.5 Å². The van der Waals surface area contributed by atoms with Crippen LogP contribution < -0.4 is 0 Å². The molecule has 10 nitrogen and oxygen atoms in total. The molecule has 270 valence electrons. The average molecular weight is 730 g/mol. The highest BCUT2D eigenvalue weighted by Gasteiger charge is 2.72. The zero-order valence-corrected chi connectivity index (χ0v) is 35.9. The lowest BCUT2D eigenvalue weighted by atomic mass is 9.74. The molecule has 47 heavy (non-hydrogen) atoms. The van der Waals surface area contributed by atoms with Crippen LogP contribution in [0.1, 0.15) is 73.6 Å². The minimum absolute atomic E-state index is 0.0766. The van der Waals surface area contributed by atoms with E-state index >= 15 is 0 Å². The molecule has 2 aliphatic carbocycles. The van der Waals surface area contributed by atoms with Crippen molar-refractivity contribution in [3.05, 3.63) is 0 Å². The van der Waals surface area contributed by atoms with Gasteiger partial charge in [-0.2, -0.15) is 5.26 Å². The summed E-state index contributed by atoms with van der Waals surface area (Å²) >= 11 is 0. The molecule has 3 rings (SSSR count). The van der Waals surface area contributed by atoms with Gasteiger partial charge in [0.15, 0.2) is 30.4 Å². The third kappa shape index (κ3) is 10.8. The molecule has 3 fully saturated rings. The zero-order valence-electron chi connectivity index (χ0n) is 31.9. The maximum absolute atomic E-state index is 12.2. The van der Waals surface area contributed by atoms with Crippen molar-refractivity contribution >= 4 is 51.7 Å². The highest BCUT2D eigenvalue weighted by Crippen LogP contribution is 2.62. The molecule has 0 radical (unpaired) electrons. The van der Waals surface area contributed by atoms with Gasteiger partial charge in [-0.05, 0) is 119 Å².